The van der Waals surface area contributed by atoms with E-state index in [9.17, 15) is 13.2 Å². The van der Waals surface area contributed by atoms with E-state index in [0.29, 0.717) is 21.0 Å². The van der Waals surface area contributed by atoms with Crippen molar-refractivity contribution in [3.63, 3.8) is 0 Å². The number of halogens is 1. The number of sulfonamides is 1. The van der Waals surface area contributed by atoms with Crippen molar-refractivity contribution in [3.8, 4) is 5.75 Å². The van der Waals surface area contributed by atoms with Crippen LogP contribution in [-0.4, -0.2) is 43.9 Å². The number of rotatable bonds is 9. The highest BCUT2D eigenvalue weighted by molar-refractivity contribution is 9.10. The molecule has 0 radical (unpaired) electrons. The lowest BCUT2D eigenvalue weighted by Gasteiger charge is -2.24. The Morgan fingerprint density at radius 3 is 2.56 bits per heavy atom. The van der Waals surface area contributed by atoms with Crippen molar-refractivity contribution in [2.24, 2.45) is 0 Å². The van der Waals surface area contributed by atoms with E-state index in [1.165, 1.54) is 42.3 Å². The van der Waals surface area contributed by atoms with Gasteiger partial charge >= 0.3 is 0 Å². The van der Waals surface area contributed by atoms with Gasteiger partial charge in [0.05, 0.1) is 22.2 Å². The molecule has 1 amide bonds. The summed E-state index contributed by atoms with van der Waals surface area (Å²) < 4.78 is 34.5. The normalized spacial score (nSPS) is 11.2. The Hall–Kier alpha value is -2.15. The summed E-state index contributed by atoms with van der Waals surface area (Å²) in [7, 11) is -2.56. The molecule has 0 aliphatic carbocycles. The first-order valence-corrected chi connectivity index (χ1v) is 13.5. The van der Waals surface area contributed by atoms with Crippen molar-refractivity contribution in [3.05, 3.63) is 52.5 Å². The largest absolute Gasteiger partial charge is 0.496 e. The van der Waals surface area contributed by atoms with Crippen LogP contribution in [-0.2, 0) is 14.8 Å². The average molecular weight is 558 g/mol. The lowest BCUT2D eigenvalue weighted by atomic mass is 10.2. The van der Waals surface area contributed by atoms with Gasteiger partial charge in [0, 0.05) is 0 Å². The van der Waals surface area contributed by atoms with Crippen molar-refractivity contribution < 1.29 is 17.9 Å². The average Bonchev–Trinajstić information content (AvgIpc) is 3.19. The van der Waals surface area contributed by atoms with Gasteiger partial charge in [-0.05, 0) is 58.9 Å². The summed E-state index contributed by atoms with van der Waals surface area (Å²) in [6.07, 6.45) is 0. The predicted octanol–water partition coefficient (Wildman–Crippen LogP) is 4.56. The highest BCUT2D eigenvalue weighted by atomic mass is 79.9. The van der Waals surface area contributed by atoms with E-state index in [-0.39, 0.29) is 4.90 Å². The lowest BCUT2D eigenvalue weighted by molar-refractivity contribution is -0.114. The predicted molar refractivity (Wildman–Crippen MR) is 131 cm³/mol. The molecule has 12 heteroatoms. The summed E-state index contributed by atoms with van der Waals surface area (Å²) in [5, 5.41) is 10.9. The summed E-state index contributed by atoms with van der Waals surface area (Å²) >= 11 is 6.08. The van der Waals surface area contributed by atoms with Crippen LogP contribution in [0.2, 0.25) is 0 Å². The molecule has 0 unspecified atom stereocenters. The van der Waals surface area contributed by atoms with E-state index in [0.717, 1.165) is 20.0 Å². The third kappa shape index (κ3) is 5.80. The lowest BCUT2D eigenvalue weighted by Crippen LogP contribution is -2.38. The first kappa shape index (κ1) is 24.5. The van der Waals surface area contributed by atoms with E-state index in [4.69, 9.17) is 4.74 Å². The number of benzene rings is 2. The van der Waals surface area contributed by atoms with Gasteiger partial charge in [-0.3, -0.25) is 14.4 Å². The standard InChI is InChI=1S/C20H21BrN4O4S3/c1-4-30-20-24-23-19(31-20)22-18(26)12-25(14-7-5-13(2)6-8-14)32(27,28)15-9-10-17(29-3)16(21)11-15/h5-11H,4,12H2,1-3H3,(H,22,23,26). The highest BCUT2D eigenvalue weighted by Crippen LogP contribution is 2.31. The van der Waals surface area contributed by atoms with Gasteiger partial charge in [0.25, 0.3) is 10.0 Å². The fourth-order valence-electron chi connectivity index (χ4n) is 2.69. The maximum absolute atomic E-state index is 13.5. The summed E-state index contributed by atoms with van der Waals surface area (Å²) in [6, 6.07) is 11.4. The number of carbonyl (C=O) groups excluding carboxylic acids is 1. The Bertz CT molecular complexity index is 1200. The fourth-order valence-corrected chi connectivity index (χ4v) is 6.50. The Kier molecular flexibility index (Phi) is 8.15. The number of amides is 1. The van der Waals surface area contributed by atoms with Crippen LogP contribution in [0.1, 0.15) is 12.5 Å². The molecule has 0 bridgehead atoms. The van der Waals surface area contributed by atoms with Crippen molar-refractivity contribution in [2.75, 3.05) is 29.0 Å². The van der Waals surface area contributed by atoms with Crippen LogP contribution in [0.25, 0.3) is 0 Å². The second-order valence-electron chi connectivity index (χ2n) is 6.50. The second-order valence-corrected chi connectivity index (χ2v) is 11.7. The fraction of sp³-hybridized carbons (Fsp3) is 0.250. The maximum atomic E-state index is 13.5. The minimum absolute atomic E-state index is 0.0242. The Labute approximate surface area is 203 Å². The zero-order valence-corrected chi connectivity index (χ0v) is 21.6. The van der Waals surface area contributed by atoms with Gasteiger partial charge in [0.1, 0.15) is 12.3 Å². The van der Waals surface area contributed by atoms with Gasteiger partial charge in [-0.15, -0.1) is 10.2 Å². The number of nitrogens with zero attached hydrogens (tertiary/aromatic N) is 3. The number of thioether (sulfide) groups is 1. The number of aryl methyl sites for hydroxylation is 1. The van der Waals surface area contributed by atoms with Crippen LogP contribution in [0.4, 0.5) is 10.8 Å². The Morgan fingerprint density at radius 2 is 1.94 bits per heavy atom. The quantitative estimate of drug-likeness (QED) is 0.304. The number of ether oxygens (including phenoxy) is 1. The molecule has 0 fully saturated rings. The number of hydrogen-bond acceptors (Lipinski definition) is 8. The van der Waals surface area contributed by atoms with Gasteiger partial charge < -0.3 is 4.74 Å². The summed E-state index contributed by atoms with van der Waals surface area (Å²) in [5.41, 5.74) is 1.34. The number of carbonyl (C=O) groups is 1. The molecule has 32 heavy (non-hydrogen) atoms. The van der Waals surface area contributed by atoms with E-state index >= 15 is 0 Å². The van der Waals surface area contributed by atoms with E-state index in [1.807, 2.05) is 13.8 Å². The van der Waals surface area contributed by atoms with Crippen LogP contribution < -0.4 is 14.4 Å². The first-order chi connectivity index (χ1) is 15.2. The molecule has 0 atom stereocenters. The molecule has 3 aromatic rings. The third-order valence-electron chi connectivity index (χ3n) is 4.24. The molecule has 0 spiro atoms. The van der Waals surface area contributed by atoms with Gasteiger partial charge in [-0.25, -0.2) is 8.42 Å². The first-order valence-electron chi connectivity index (χ1n) is 9.43. The molecule has 2 aromatic carbocycles. The molecule has 1 N–H and O–H groups in total. The zero-order valence-electron chi connectivity index (χ0n) is 17.5. The van der Waals surface area contributed by atoms with Gasteiger partial charge in [0.2, 0.25) is 11.0 Å². The number of methoxy groups -OCH3 is 1. The second kappa shape index (κ2) is 10.6. The third-order valence-corrected chi connectivity index (χ3v) is 8.48. The smallest absolute Gasteiger partial charge is 0.264 e. The van der Waals surface area contributed by atoms with Crippen molar-refractivity contribution in [1.82, 2.24) is 10.2 Å². The zero-order chi connectivity index (χ0) is 23.3. The van der Waals surface area contributed by atoms with Crippen molar-refractivity contribution >= 4 is 65.8 Å². The van der Waals surface area contributed by atoms with Crippen LogP contribution in [0.15, 0.2) is 56.2 Å². The van der Waals surface area contributed by atoms with E-state index in [1.54, 1.807) is 30.3 Å². The van der Waals surface area contributed by atoms with Crippen LogP contribution >= 0.6 is 39.0 Å². The minimum atomic E-state index is -4.06. The monoisotopic (exact) mass is 556 g/mol. The van der Waals surface area contributed by atoms with Crippen molar-refractivity contribution in [2.45, 2.75) is 23.1 Å². The number of aromatic nitrogens is 2. The summed E-state index contributed by atoms with van der Waals surface area (Å²) in [4.78, 5) is 12.8. The molecule has 0 saturated carbocycles. The van der Waals surface area contributed by atoms with E-state index < -0.39 is 22.5 Å². The SMILES string of the molecule is CCSc1nnc(NC(=O)CN(c2ccc(C)cc2)S(=O)(=O)c2ccc(OC)c(Br)c2)s1. The highest BCUT2D eigenvalue weighted by Gasteiger charge is 2.28. The number of nitrogens with one attached hydrogen (secondary N) is 1. The number of anilines is 2. The molecular formula is C20H21BrN4O4S3. The van der Waals surface area contributed by atoms with Gasteiger partial charge in [-0.1, -0.05) is 47.7 Å². The van der Waals surface area contributed by atoms with Gasteiger partial charge in [-0.2, -0.15) is 0 Å². The minimum Gasteiger partial charge on any atom is -0.496 e. The maximum Gasteiger partial charge on any atom is 0.264 e. The van der Waals surface area contributed by atoms with Gasteiger partial charge in [0.15, 0.2) is 4.34 Å². The summed E-state index contributed by atoms with van der Waals surface area (Å²) in [6.45, 7) is 3.47. The van der Waals surface area contributed by atoms with Crippen LogP contribution in [0.5, 0.6) is 5.75 Å². The Balaban J connectivity index is 1.91. The summed E-state index contributed by atoms with van der Waals surface area (Å²) in [5.74, 6) is 0.811. The molecule has 3 rings (SSSR count). The molecular weight excluding hydrogens is 536 g/mol. The molecule has 170 valence electrons. The van der Waals surface area contributed by atoms with Crippen LogP contribution in [0.3, 0.4) is 0 Å². The molecule has 1 heterocycles. The molecule has 0 saturated heterocycles. The molecule has 8 nitrogen and oxygen atoms in total. The van der Waals surface area contributed by atoms with Crippen LogP contribution in [0, 0.1) is 6.92 Å². The molecule has 0 aliphatic rings. The number of hydrogen-bond donors (Lipinski definition) is 1. The van der Waals surface area contributed by atoms with Crippen molar-refractivity contribution in [1.29, 1.82) is 0 Å². The van der Waals surface area contributed by atoms with E-state index in [2.05, 4.69) is 31.4 Å². The topological polar surface area (TPSA) is 101 Å². The molecule has 1 aromatic heterocycles. The Morgan fingerprint density at radius 1 is 1.22 bits per heavy atom. The molecule has 0 aliphatic heterocycles.